The molecule has 1 aromatic heterocycles. The second kappa shape index (κ2) is 3.86. The molecule has 2 nitrogen and oxygen atoms in total. The Balaban J connectivity index is 2.35. The second-order valence-electron chi connectivity index (χ2n) is 4.50. The largest absolute Gasteiger partial charge is 0.388 e. The number of nitrogens with one attached hydrogen (secondary N) is 1. The van der Waals surface area contributed by atoms with Gasteiger partial charge < -0.3 is 5.32 Å². The molecule has 0 bridgehead atoms. The Morgan fingerprint density at radius 3 is 2.50 bits per heavy atom. The summed E-state index contributed by atoms with van der Waals surface area (Å²) in [5.41, 5.74) is 1.19. The van der Waals surface area contributed by atoms with E-state index in [-0.39, 0.29) is 10.9 Å². The van der Waals surface area contributed by atoms with Crippen molar-refractivity contribution in [2.75, 3.05) is 12.4 Å². The smallest absolute Gasteiger partial charge is 0.196 e. The molecule has 0 spiro atoms. The fourth-order valence-electron chi connectivity index (χ4n) is 2.08. The Kier molecular flexibility index (Phi) is 2.43. The van der Waals surface area contributed by atoms with E-state index < -0.39 is 17.5 Å². The molecule has 0 atom stereocenters. The highest BCUT2D eigenvalue weighted by molar-refractivity contribution is 5.92. The van der Waals surface area contributed by atoms with E-state index in [1.54, 1.807) is 13.1 Å². The molecular formula is C13H11F3N2. The van der Waals surface area contributed by atoms with Gasteiger partial charge in [0.25, 0.3) is 0 Å². The summed E-state index contributed by atoms with van der Waals surface area (Å²) in [6, 6.07) is 2.75. The van der Waals surface area contributed by atoms with Crippen molar-refractivity contribution >= 4 is 16.6 Å². The lowest BCUT2D eigenvalue weighted by atomic mass is 10.1. The highest BCUT2D eigenvalue weighted by Crippen LogP contribution is 2.41. The Morgan fingerprint density at radius 1 is 1.17 bits per heavy atom. The van der Waals surface area contributed by atoms with Crippen LogP contribution in [0.3, 0.4) is 0 Å². The minimum atomic E-state index is -1.47. The maximum absolute atomic E-state index is 13.7. The van der Waals surface area contributed by atoms with Gasteiger partial charge in [-0.1, -0.05) is 0 Å². The minimum absolute atomic E-state index is 0.109. The Bertz CT molecular complexity index is 636. The predicted octanol–water partition coefficient (Wildman–Crippen LogP) is 3.57. The molecule has 1 aliphatic rings. The molecule has 0 radical (unpaired) electrons. The van der Waals surface area contributed by atoms with Gasteiger partial charge >= 0.3 is 0 Å². The summed E-state index contributed by atoms with van der Waals surface area (Å²) in [6.07, 6.45) is 2.01. The monoisotopic (exact) mass is 252 g/mol. The number of halogens is 3. The van der Waals surface area contributed by atoms with Gasteiger partial charge in [-0.3, -0.25) is 0 Å². The molecule has 1 aromatic carbocycles. The van der Waals surface area contributed by atoms with E-state index in [2.05, 4.69) is 10.3 Å². The van der Waals surface area contributed by atoms with Gasteiger partial charge in [-0.25, -0.2) is 18.2 Å². The Morgan fingerprint density at radius 2 is 1.89 bits per heavy atom. The zero-order valence-electron chi connectivity index (χ0n) is 9.73. The van der Waals surface area contributed by atoms with Gasteiger partial charge in [0.05, 0.1) is 0 Å². The minimum Gasteiger partial charge on any atom is -0.388 e. The molecule has 3 rings (SSSR count). The van der Waals surface area contributed by atoms with Gasteiger partial charge in [-0.15, -0.1) is 0 Å². The topological polar surface area (TPSA) is 24.9 Å². The molecular weight excluding hydrogens is 241 g/mol. The van der Waals surface area contributed by atoms with E-state index in [1.807, 2.05) is 0 Å². The SMILES string of the molecule is CNc1cc(C2CC2)nc2c(F)c(F)c(F)cc12. The quantitative estimate of drug-likeness (QED) is 0.826. The number of hydrogen-bond donors (Lipinski definition) is 1. The first kappa shape index (κ1) is 11.3. The lowest BCUT2D eigenvalue weighted by molar-refractivity contribution is 0.452. The van der Waals surface area contributed by atoms with Crippen LogP contribution in [0, 0.1) is 17.5 Å². The van der Waals surface area contributed by atoms with Gasteiger partial charge in [0.15, 0.2) is 17.5 Å². The van der Waals surface area contributed by atoms with Gasteiger partial charge in [0.2, 0.25) is 0 Å². The van der Waals surface area contributed by atoms with Gasteiger partial charge in [0, 0.05) is 29.7 Å². The predicted molar refractivity (Wildman–Crippen MR) is 63.1 cm³/mol. The molecule has 2 aromatic rings. The maximum Gasteiger partial charge on any atom is 0.196 e. The number of rotatable bonds is 2. The van der Waals surface area contributed by atoms with Crippen LogP contribution < -0.4 is 5.32 Å². The number of fused-ring (bicyclic) bond motifs is 1. The van der Waals surface area contributed by atoms with E-state index in [0.717, 1.165) is 24.6 Å². The van der Waals surface area contributed by atoms with Crippen molar-refractivity contribution in [3.63, 3.8) is 0 Å². The van der Waals surface area contributed by atoms with Gasteiger partial charge in [-0.2, -0.15) is 0 Å². The fraction of sp³-hybridized carbons (Fsp3) is 0.308. The van der Waals surface area contributed by atoms with Crippen LogP contribution in [0.25, 0.3) is 10.9 Å². The van der Waals surface area contributed by atoms with Crippen LogP contribution in [-0.4, -0.2) is 12.0 Å². The first-order chi connectivity index (χ1) is 8.61. The molecule has 18 heavy (non-hydrogen) atoms. The molecule has 0 amide bonds. The zero-order chi connectivity index (χ0) is 12.9. The summed E-state index contributed by atoms with van der Waals surface area (Å²) in [5.74, 6) is -3.57. The second-order valence-corrected chi connectivity index (χ2v) is 4.50. The van der Waals surface area contributed by atoms with Gasteiger partial charge in [-0.05, 0) is 25.0 Å². The molecule has 1 fully saturated rings. The van der Waals surface area contributed by atoms with Crippen molar-refractivity contribution in [3.05, 3.63) is 35.3 Å². The third-order valence-electron chi connectivity index (χ3n) is 3.22. The van der Waals surface area contributed by atoms with Crippen LogP contribution in [0.15, 0.2) is 12.1 Å². The normalized spacial score (nSPS) is 15.1. The molecule has 1 heterocycles. The van der Waals surface area contributed by atoms with Crippen molar-refractivity contribution < 1.29 is 13.2 Å². The van der Waals surface area contributed by atoms with Crippen LogP contribution in [-0.2, 0) is 0 Å². The lowest BCUT2D eigenvalue weighted by Gasteiger charge is -2.10. The number of benzene rings is 1. The van der Waals surface area contributed by atoms with Crippen LogP contribution in [0.4, 0.5) is 18.9 Å². The van der Waals surface area contributed by atoms with Crippen LogP contribution in [0.2, 0.25) is 0 Å². The molecule has 1 aliphatic carbocycles. The molecule has 1 saturated carbocycles. The summed E-state index contributed by atoms with van der Waals surface area (Å²) in [4.78, 5) is 4.13. The third-order valence-corrected chi connectivity index (χ3v) is 3.22. The third kappa shape index (κ3) is 1.62. The highest BCUT2D eigenvalue weighted by Gasteiger charge is 2.27. The van der Waals surface area contributed by atoms with E-state index >= 15 is 0 Å². The van der Waals surface area contributed by atoms with E-state index in [4.69, 9.17) is 0 Å². The standard InChI is InChI=1S/C13H11F3N2/c1-17-10-5-9(6-2-3-6)18-13-7(10)4-8(14)11(15)12(13)16/h4-6H,2-3H2,1H3,(H,17,18). The zero-order valence-corrected chi connectivity index (χ0v) is 9.73. The molecule has 0 aliphatic heterocycles. The van der Waals surface area contributed by atoms with Crippen molar-refractivity contribution in [2.24, 2.45) is 0 Å². The van der Waals surface area contributed by atoms with Crippen molar-refractivity contribution in [1.29, 1.82) is 0 Å². The molecule has 94 valence electrons. The molecule has 0 saturated heterocycles. The number of nitrogens with zero attached hydrogens (tertiary/aromatic N) is 1. The van der Waals surface area contributed by atoms with Crippen LogP contribution >= 0.6 is 0 Å². The first-order valence-electron chi connectivity index (χ1n) is 5.77. The molecule has 5 heteroatoms. The Hall–Kier alpha value is -1.78. The van der Waals surface area contributed by atoms with Crippen LogP contribution in [0.1, 0.15) is 24.5 Å². The fourth-order valence-corrected chi connectivity index (χ4v) is 2.08. The maximum atomic E-state index is 13.7. The number of pyridine rings is 1. The number of anilines is 1. The summed E-state index contributed by atoms with van der Waals surface area (Å²) in [7, 11) is 1.66. The summed E-state index contributed by atoms with van der Waals surface area (Å²) in [5, 5.41) is 3.13. The van der Waals surface area contributed by atoms with Crippen molar-refractivity contribution in [1.82, 2.24) is 4.98 Å². The highest BCUT2D eigenvalue weighted by atomic mass is 19.2. The van der Waals surface area contributed by atoms with Crippen molar-refractivity contribution in [2.45, 2.75) is 18.8 Å². The summed E-state index contributed by atoms with van der Waals surface area (Å²) >= 11 is 0. The number of aromatic nitrogens is 1. The van der Waals surface area contributed by atoms with Crippen LogP contribution in [0.5, 0.6) is 0 Å². The average Bonchev–Trinajstić information content (AvgIpc) is 3.19. The summed E-state index contributed by atoms with van der Waals surface area (Å²) < 4.78 is 40.2. The van der Waals surface area contributed by atoms with E-state index in [9.17, 15) is 13.2 Å². The van der Waals surface area contributed by atoms with E-state index in [1.165, 1.54) is 0 Å². The van der Waals surface area contributed by atoms with E-state index in [0.29, 0.717) is 11.6 Å². The molecule has 0 unspecified atom stereocenters. The average molecular weight is 252 g/mol. The Labute approximate surface area is 102 Å². The van der Waals surface area contributed by atoms with Gasteiger partial charge in [0.1, 0.15) is 5.52 Å². The lowest BCUT2D eigenvalue weighted by Crippen LogP contribution is -2.00. The van der Waals surface area contributed by atoms with Crippen molar-refractivity contribution in [3.8, 4) is 0 Å². The number of hydrogen-bond acceptors (Lipinski definition) is 2. The summed E-state index contributed by atoms with van der Waals surface area (Å²) in [6.45, 7) is 0. The molecule has 1 N–H and O–H groups in total. The first-order valence-corrected chi connectivity index (χ1v) is 5.77.